The topological polar surface area (TPSA) is 149 Å². The summed E-state index contributed by atoms with van der Waals surface area (Å²) in [7, 11) is 1.41. The van der Waals surface area contributed by atoms with Crippen LogP contribution in [0.1, 0.15) is 6.23 Å². The molecule has 1 saturated heterocycles. The zero-order valence-electron chi connectivity index (χ0n) is 11.1. The van der Waals surface area contributed by atoms with Gasteiger partial charge in [0.05, 0.1) is 13.7 Å². The highest BCUT2D eigenvalue weighted by Crippen LogP contribution is 2.34. The van der Waals surface area contributed by atoms with Gasteiger partial charge in [0.15, 0.2) is 11.9 Å². The normalized spacial score (nSPS) is 29.1. The first-order chi connectivity index (χ1) is 10.1. The van der Waals surface area contributed by atoms with Crippen LogP contribution < -0.4 is 10.5 Å². The molecular formula is C11H15N5O5. The van der Waals surface area contributed by atoms with Gasteiger partial charge < -0.3 is 30.5 Å². The molecule has 0 saturated carbocycles. The number of anilines is 1. The van der Waals surface area contributed by atoms with Crippen LogP contribution in [0, 0.1) is 0 Å². The number of nitrogen functional groups attached to an aromatic ring is 1. The van der Waals surface area contributed by atoms with Crippen LogP contribution in [-0.4, -0.2) is 67.1 Å². The second kappa shape index (κ2) is 5.07. The molecule has 1 aliphatic heterocycles. The molecule has 0 unspecified atom stereocenters. The van der Waals surface area contributed by atoms with E-state index >= 15 is 0 Å². The van der Waals surface area contributed by atoms with Crippen LogP contribution in [-0.2, 0) is 4.74 Å². The van der Waals surface area contributed by atoms with Gasteiger partial charge in [-0.3, -0.25) is 0 Å². The third kappa shape index (κ3) is 2.00. The van der Waals surface area contributed by atoms with Crippen molar-refractivity contribution < 1.29 is 24.8 Å². The number of ether oxygens (including phenoxy) is 2. The van der Waals surface area contributed by atoms with Crippen LogP contribution in [0.25, 0.3) is 11.0 Å². The van der Waals surface area contributed by atoms with Gasteiger partial charge in [-0.2, -0.15) is 0 Å². The predicted octanol–water partition coefficient (Wildman–Crippen LogP) is -1.97. The molecule has 2 aromatic rings. The number of hydrogen-bond acceptors (Lipinski definition) is 9. The van der Waals surface area contributed by atoms with Gasteiger partial charge in [-0.1, -0.05) is 0 Å². The van der Waals surface area contributed by atoms with Gasteiger partial charge in [0, 0.05) is 0 Å². The summed E-state index contributed by atoms with van der Waals surface area (Å²) in [4.78, 5) is 7.92. The van der Waals surface area contributed by atoms with E-state index in [1.165, 1.54) is 18.1 Å². The largest absolute Gasteiger partial charge is 0.479 e. The molecule has 0 spiro atoms. The summed E-state index contributed by atoms with van der Waals surface area (Å²) >= 11 is 0. The molecule has 1 fully saturated rings. The van der Waals surface area contributed by atoms with E-state index < -0.39 is 31.1 Å². The Morgan fingerprint density at radius 1 is 1.38 bits per heavy atom. The molecule has 0 radical (unpaired) electrons. The summed E-state index contributed by atoms with van der Waals surface area (Å²) in [6.07, 6.45) is -3.18. The smallest absolute Gasteiger partial charge is 0.246 e. The Kier molecular flexibility index (Phi) is 3.37. The van der Waals surface area contributed by atoms with Gasteiger partial charge in [0.25, 0.3) is 0 Å². The zero-order chi connectivity index (χ0) is 15.1. The molecule has 3 rings (SSSR count). The Morgan fingerprint density at radius 3 is 2.76 bits per heavy atom. The minimum Gasteiger partial charge on any atom is -0.479 e. The molecule has 0 bridgehead atoms. The fourth-order valence-electron chi connectivity index (χ4n) is 2.37. The molecule has 1 aliphatic rings. The average molecular weight is 297 g/mol. The van der Waals surface area contributed by atoms with E-state index in [-0.39, 0.29) is 11.7 Å². The maximum atomic E-state index is 10.1. The van der Waals surface area contributed by atoms with Crippen molar-refractivity contribution in [1.82, 2.24) is 19.7 Å². The number of rotatable bonds is 3. The number of aliphatic hydroxyl groups is 3. The Balaban J connectivity index is 2.11. The van der Waals surface area contributed by atoms with Gasteiger partial charge in [-0.15, -0.1) is 5.10 Å². The lowest BCUT2D eigenvalue weighted by Crippen LogP contribution is -2.33. The molecule has 3 heterocycles. The molecule has 114 valence electrons. The first-order valence-corrected chi connectivity index (χ1v) is 6.23. The number of methoxy groups -OCH3 is 1. The number of fused-ring (bicyclic) bond motifs is 1. The maximum Gasteiger partial charge on any atom is 0.246 e. The maximum absolute atomic E-state index is 10.1. The Morgan fingerprint density at radius 2 is 2.14 bits per heavy atom. The molecule has 2 aromatic heterocycles. The van der Waals surface area contributed by atoms with Crippen LogP contribution in [0.15, 0.2) is 6.33 Å². The highest BCUT2D eigenvalue weighted by molar-refractivity contribution is 5.90. The molecule has 0 aromatic carbocycles. The Hall–Kier alpha value is -2.01. The van der Waals surface area contributed by atoms with Gasteiger partial charge in [0.1, 0.15) is 35.8 Å². The van der Waals surface area contributed by atoms with E-state index in [0.29, 0.717) is 11.0 Å². The van der Waals surface area contributed by atoms with E-state index in [1.54, 1.807) is 0 Å². The summed E-state index contributed by atoms with van der Waals surface area (Å²) < 4.78 is 11.8. The van der Waals surface area contributed by atoms with Crippen molar-refractivity contribution >= 4 is 16.9 Å². The highest BCUT2D eigenvalue weighted by atomic mass is 16.6. The minimum absolute atomic E-state index is 0.176. The van der Waals surface area contributed by atoms with Crippen molar-refractivity contribution in [2.45, 2.75) is 24.5 Å². The Bertz CT molecular complexity index is 662. The summed E-state index contributed by atoms with van der Waals surface area (Å²) in [5.41, 5.74) is 6.08. The zero-order valence-corrected chi connectivity index (χ0v) is 11.1. The van der Waals surface area contributed by atoms with Crippen LogP contribution >= 0.6 is 0 Å². The van der Waals surface area contributed by atoms with E-state index in [2.05, 4.69) is 15.1 Å². The standard InChI is InChI=1S/C11H15N5O5/c1-20-10-5-8(12)13-3-14-9(5)16(15-10)11-7(19)6(18)4(2-17)21-11/h3-4,6-7,11,17-19H,2H2,1H3,(H2,12,13,14)/t4-,6-,7-,11-/m1/s1. The number of aromatic nitrogens is 4. The molecule has 21 heavy (non-hydrogen) atoms. The van der Waals surface area contributed by atoms with E-state index in [1.807, 2.05) is 0 Å². The summed E-state index contributed by atoms with van der Waals surface area (Å²) in [5.74, 6) is 0.357. The number of nitrogens with zero attached hydrogens (tertiary/aromatic N) is 4. The highest BCUT2D eigenvalue weighted by Gasteiger charge is 2.44. The fraction of sp³-hybridized carbons (Fsp3) is 0.545. The molecule has 0 amide bonds. The summed E-state index contributed by atoms with van der Waals surface area (Å²) in [5, 5.41) is 33.5. The molecule has 0 aliphatic carbocycles. The van der Waals surface area contributed by atoms with Crippen LogP contribution in [0.3, 0.4) is 0 Å². The van der Waals surface area contributed by atoms with Crippen molar-refractivity contribution in [2.75, 3.05) is 19.5 Å². The van der Waals surface area contributed by atoms with Crippen LogP contribution in [0.4, 0.5) is 5.82 Å². The molecule has 5 N–H and O–H groups in total. The van der Waals surface area contributed by atoms with Crippen molar-refractivity contribution in [3.05, 3.63) is 6.33 Å². The van der Waals surface area contributed by atoms with Crippen LogP contribution in [0.5, 0.6) is 5.88 Å². The average Bonchev–Trinajstić information content (AvgIpc) is 2.99. The molecule has 4 atom stereocenters. The minimum atomic E-state index is -1.27. The van der Waals surface area contributed by atoms with E-state index in [9.17, 15) is 10.2 Å². The first kappa shape index (κ1) is 13.9. The van der Waals surface area contributed by atoms with Gasteiger partial charge in [0.2, 0.25) is 5.88 Å². The van der Waals surface area contributed by atoms with Crippen molar-refractivity contribution in [1.29, 1.82) is 0 Å². The first-order valence-electron chi connectivity index (χ1n) is 6.23. The molecule has 10 heteroatoms. The lowest BCUT2D eigenvalue weighted by Gasteiger charge is -2.15. The SMILES string of the molecule is COc1nn([C@@H]2O[C@H](CO)[C@@H](O)[C@H]2O)c2ncnc(N)c12. The number of nitrogens with two attached hydrogens (primary N) is 1. The second-order valence-electron chi connectivity index (χ2n) is 4.64. The van der Waals surface area contributed by atoms with Crippen molar-refractivity contribution in [3.63, 3.8) is 0 Å². The number of hydrogen-bond donors (Lipinski definition) is 4. The van der Waals surface area contributed by atoms with Crippen molar-refractivity contribution in [3.8, 4) is 5.88 Å². The van der Waals surface area contributed by atoms with Crippen LogP contribution in [0.2, 0.25) is 0 Å². The third-order valence-electron chi connectivity index (χ3n) is 3.44. The van der Waals surface area contributed by atoms with Gasteiger partial charge in [-0.25, -0.2) is 14.6 Å². The lowest BCUT2D eigenvalue weighted by molar-refractivity contribution is -0.0570. The van der Waals surface area contributed by atoms with Gasteiger partial charge >= 0.3 is 0 Å². The lowest BCUT2D eigenvalue weighted by atomic mass is 10.1. The monoisotopic (exact) mass is 297 g/mol. The predicted molar refractivity (Wildman–Crippen MR) is 69.3 cm³/mol. The quantitative estimate of drug-likeness (QED) is 0.506. The second-order valence-corrected chi connectivity index (χ2v) is 4.64. The van der Waals surface area contributed by atoms with E-state index in [4.69, 9.17) is 20.3 Å². The Labute approximate surface area is 118 Å². The third-order valence-corrected chi connectivity index (χ3v) is 3.44. The summed E-state index contributed by atoms with van der Waals surface area (Å²) in [6.45, 7) is -0.428. The van der Waals surface area contributed by atoms with E-state index in [0.717, 1.165) is 0 Å². The fourth-order valence-corrected chi connectivity index (χ4v) is 2.37. The van der Waals surface area contributed by atoms with Gasteiger partial charge in [-0.05, 0) is 0 Å². The molecular weight excluding hydrogens is 282 g/mol. The molecule has 10 nitrogen and oxygen atoms in total. The number of aliphatic hydroxyl groups excluding tert-OH is 3. The van der Waals surface area contributed by atoms with Crippen molar-refractivity contribution in [2.24, 2.45) is 0 Å². The summed E-state index contributed by atoms with van der Waals surface area (Å²) in [6, 6.07) is 0.